The number of para-hydroxylation sites is 1. The molecule has 2 aromatic carbocycles. The predicted octanol–water partition coefficient (Wildman–Crippen LogP) is 3.15. The van der Waals surface area contributed by atoms with Gasteiger partial charge in [0.25, 0.3) is 0 Å². The van der Waals surface area contributed by atoms with Gasteiger partial charge in [-0.15, -0.1) is 5.10 Å². The Kier molecular flexibility index (Phi) is 3.87. The Bertz CT molecular complexity index is 767. The Morgan fingerprint density at radius 2 is 1.68 bits per heavy atom. The highest BCUT2D eigenvalue weighted by atomic mass is 16.5. The Morgan fingerprint density at radius 3 is 2.32 bits per heavy atom. The summed E-state index contributed by atoms with van der Waals surface area (Å²) in [5, 5.41) is 13.5. The number of rotatable bonds is 5. The molecule has 0 amide bonds. The number of carbonyl (C=O) groups is 1. The lowest BCUT2D eigenvalue weighted by Gasteiger charge is -2.04. The van der Waals surface area contributed by atoms with Crippen LogP contribution in [0.5, 0.6) is 5.88 Å². The van der Waals surface area contributed by atoms with Crippen molar-refractivity contribution in [3.63, 3.8) is 0 Å². The van der Waals surface area contributed by atoms with Crippen molar-refractivity contribution in [2.45, 2.75) is 6.61 Å². The van der Waals surface area contributed by atoms with Crippen LogP contribution in [0.2, 0.25) is 0 Å². The molecule has 0 saturated carbocycles. The molecule has 22 heavy (non-hydrogen) atoms. The Labute approximate surface area is 127 Å². The third-order valence-electron chi connectivity index (χ3n) is 3.15. The van der Waals surface area contributed by atoms with Crippen molar-refractivity contribution >= 4 is 5.97 Å². The average Bonchev–Trinajstić information content (AvgIpc) is 2.99. The van der Waals surface area contributed by atoms with E-state index in [1.807, 2.05) is 60.7 Å². The van der Waals surface area contributed by atoms with Crippen LogP contribution in [0.1, 0.15) is 15.9 Å². The third kappa shape index (κ3) is 2.98. The third-order valence-corrected chi connectivity index (χ3v) is 3.15. The average molecular weight is 294 g/mol. The van der Waals surface area contributed by atoms with Gasteiger partial charge >= 0.3 is 5.97 Å². The van der Waals surface area contributed by atoms with Gasteiger partial charge < -0.3 is 9.84 Å². The monoisotopic (exact) mass is 294 g/mol. The molecule has 110 valence electrons. The summed E-state index contributed by atoms with van der Waals surface area (Å²) in [6.45, 7) is 0.271. The lowest BCUT2D eigenvalue weighted by molar-refractivity contribution is 0.0691. The summed E-state index contributed by atoms with van der Waals surface area (Å²) < 4.78 is 7.08. The fourth-order valence-corrected chi connectivity index (χ4v) is 2.05. The summed E-state index contributed by atoms with van der Waals surface area (Å²) in [4.78, 5) is 11.3. The standard InChI is InChI=1S/C17H14N2O3/c20-17(21)15-11-19(14-9-5-2-6-10-14)18-16(15)22-12-13-7-3-1-4-8-13/h1-11H,12H2,(H,20,21). The number of hydrogen-bond acceptors (Lipinski definition) is 3. The topological polar surface area (TPSA) is 64.3 Å². The van der Waals surface area contributed by atoms with Crippen LogP contribution in [0.3, 0.4) is 0 Å². The van der Waals surface area contributed by atoms with Gasteiger partial charge in [0.1, 0.15) is 12.2 Å². The van der Waals surface area contributed by atoms with Gasteiger partial charge in [-0.3, -0.25) is 0 Å². The van der Waals surface area contributed by atoms with Gasteiger partial charge in [-0.2, -0.15) is 0 Å². The minimum absolute atomic E-state index is 0.0415. The molecule has 3 aromatic rings. The number of hydrogen-bond donors (Lipinski definition) is 1. The van der Waals surface area contributed by atoms with Crippen LogP contribution in [0.25, 0.3) is 5.69 Å². The second-order valence-corrected chi connectivity index (χ2v) is 4.71. The van der Waals surface area contributed by atoms with Gasteiger partial charge in [0.2, 0.25) is 5.88 Å². The predicted molar refractivity (Wildman–Crippen MR) is 81.3 cm³/mol. The summed E-state index contributed by atoms with van der Waals surface area (Å²) in [7, 11) is 0. The quantitative estimate of drug-likeness (QED) is 0.785. The minimum Gasteiger partial charge on any atom is -0.477 e. The fraction of sp³-hybridized carbons (Fsp3) is 0.0588. The maximum absolute atomic E-state index is 11.3. The molecular formula is C17H14N2O3. The number of aromatic nitrogens is 2. The Hall–Kier alpha value is -3.08. The van der Waals surface area contributed by atoms with Gasteiger partial charge in [-0.05, 0) is 17.7 Å². The van der Waals surface area contributed by atoms with Crippen molar-refractivity contribution in [2.75, 3.05) is 0 Å². The second kappa shape index (κ2) is 6.13. The zero-order valence-corrected chi connectivity index (χ0v) is 11.7. The molecule has 1 N–H and O–H groups in total. The van der Waals surface area contributed by atoms with E-state index in [2.05, 4.69) is 5.10 Å². The Morgan fingerprint density at radius 1 is 1.05 bits per heavy atom. The van der Waals surface area contributed by atoms with Crippen molar-refractivity contribution in [1.82, 2.24) is 9.78 Å². The number of ether oxygens (including phenoxy) is 1. The van der Waals surface area contributed by atoms with Crippen LogP contribution < -0.4 is 4.74 Å². The second-order valence-electron chi connectivity index (χ2n) is 4.71. The minimum atomic E-state index is -1.06. The highest BCUT2D eigenvalue weighted by molar-refractivity contribution is 5.90. The van der Waals surface area contributed by atoms with Crippen molar-refractivity contribution in [3.05, 3.63) is 78.0 Å². The van der Waals surface area contributed by atoms with E-state index in [-0.39, 0.29) is 18.1 Å². The van der Waals surface area contributed by atoms with Crippen LogP contribution >= 0.6 is 0 Å². The van der Waals surface area contributed by atoms with E-state index in [1.165, 1.54) is 10.9 Å². The van der Waals surface area contributed by atoms with Crippen molar-refractivity contribution in [1.29, 1.82) is 0 Å². The van der Waals surface area contributed by atoms with E-state index >= 15 is 0 Å². The van der Waals surface area contributed by atoms with Crippen molar-refractivity contribution in [3.8, 4) is 11.6 Å². The molecule has 0 atom stereocenters. The molecular weight excluding hydrogens is 280 g/mol. The largest absolute Gasteiger partial charge is 0.477 e. The van der Waals surface area contributed by atoms with Crippen LogP contribution in [0.15, 0.2) is 66.9 Å². The van der Waals surface area contributed by atoms with E-state index in [0.29, 0.717) is 0 Å². The van der Waals surface area contributed by atoms with Crippen molar-refractivity contribution in [2.24, 2.45) is 0 Å². The molecule has 1 aromatic heterocycles. The highest BCUT2D eigenvalue weighted by Gasteiger charge is 2.17. The lowest BCUT2D eigenvalue weighted by atomic mass is 10.2. The molecule has 0 aliphatic heterocycles. The van der Waals surface area contributed by atoms with E-state index in [9.17, 15) is 9.90 Å². The number of benzene rings is 2. The molecule has 0 aliphatic rings. The summed E-state index contributed by atoms with van der Waals surface area (Å²) in [6, 6.07) is 18.8. The van der Waals surface area contributed by atoms with E-state index in [0.717, 1.165) is 11.3 Å². The lowest BCUT2D eigenvalue weighted by Crippen LogP contribution is -2.01. The highest BCUT2D eigenvalue weighted by Crippen LogP contribution is 2.20. The summed E-state index contributed by atoms with van der Waals surface area (Å²) in [5.41, 5.74) is 1.77. The van der Waals surface area contributed by atoms with E-state index < -0.39 is 5.97 Å². The van der Waals surface area contributed by atoms with Gasteiger partial charge in [0.15, 0.2) is 0 Å². The van der Waals surface area contributed by atoms with E-state index in [4.69, 9.17) is 4.74 Å². The van der Waals surface area contributed by atoms with Crippen LogP contribution in [0, 0.1) is 0 Å². The molecule has 5 heteroatoms. The maximum atomic E-state index is 11.3. The molecule has 0 aliphatic carbocycles. The molecule has 0 saturated heterocycles. The first-order valence-electron chi connectivity index (χ1n) is 6.79. The molecule has 3 rings (SSSR count). The first-order chi connectivity index (χ1) is 10.7. The fourth-order valence-electron chi connectivity index (χ4n) is 2.05. The molecule has 0 unspecified atom stereocenters. The zero-order chi connectivity index (χ0) is 15.4. The molecule has 0 fully saturated rings. The molecule has 0 spiro atoms. The number of carboxylic acid groups (broad SMARTS) is 1. The molecule has 5 nitrogen and oxygen atoms in total. The summed E-state index contributed by atoms with van der Waals surface area (Å²) >= 11 is 0. The zero-order valence-electron chi connectivity index (χ0n) is 11.7. The summed E-state index contributed by atoms with van der Waals surface area (Å²) in [5.74, 6) is -0.953. The normalized spacial score (nSPS) is 10.4. The first-order valence-corrected chi connectivity index (χ1v) is 6.79. The Balaban J connectivity index is 1.86. The van der Waals surface area contributed by atoms with Gasteiger partial charge in [-0.1, -0.05) is 48.5 Å². The van der Waals surface area contributed by atoms with Gasteiger partial charge in [0, 0.05) is 6.20 Å². The van der Waals surface area contributed by atoms with Crippen molar-refractivity contribution < 1.29 is 14.6 Å². The van der Waals surface area contributed by atoms with E-state index in [1.54, 1.807) is 0 Å². The van der Waals surface area contributed by atoms with Gasteiger partial charge in [0.05, 0.1) is 5.69 Å². The van der Waals surface area contributed by atoms with Crippen LogP contribution in [-0.4, -0.2) is 20.9 Å². The SMILES string of the molecule is O=C(O)c1cn(-c2ccccc2)nc1OCc1ccccc1. The van der Waals surface area contributed by atoms with Crippen LogP contribution in [-0.2, 0) is 6.61 Å². The molecule has 1 heterocycles. The number of carboxylic acids is 1. The van der Waals surface area contributed by atoms with Crippen LogP contribution in [0.4, 0.5) is 0 Å². The van der Waals surface area contributed by atoms with Gasteiger partial charge in [-0.25, -0.2) is 9.48 Å². The molecule has 0 radical (unpaired) electrons. The molecule has 0 bridgehead atoms. The summed E-state index contributed by atoms with van der Waals surface area (Å²) in [6.07, 6.45) is 1.46. The first kappa shape index (κ1) is 13.9. The smallest absolute Gasteiger partial charge is 0.342 e. The maximum Gasteiger partial charge on any atom is 0.342 e. The number of aromatic carboxylic acids is 1. The number of nitrogens with zero attached hydrogens (tertiary/aromatic N) is 2.